The van der Waals surface area contributed by atoms with Crippen molar-refractivity contribution in [2.45, 2.75) is 20.8 Å². The highest BCUT2D eigenvalue weighted by Crippen LogP contribution is 2.31. The van der Waals surface area contributed by atoms with Gasteiger partial charge < -0.3 is 10.2 Å². The van der Waals surface area contributed by atoms with Crippen LogP contribution < -0.4 is 5.32 Å². The molecule has 0 atom stereocenters. The van der Waals surface area contributed by atoms with Crippen molar-refractivity contribution in [3.8, 4) is 0 Å². The Morgan fingerprint density at radius 1 is 1.33 bits per heavy atom. The SMILES string of the molecule is CCNc1c(Br)cc(Cl)cc1C(=O)N(CC)CC. The van der Waals surface area contributed by atoms with Gasteiger partial charge in [0.15, 0.2) is 0 Å². The van der Waals surface area contributed by atoms with E-state index in [2.05, 4.69) is 21.2 Å². The van der Waals surface area contributed by atoms with Crippen LogP contribution in [0.15, 0.2) is 16.6 Å². The number of carbonyl (C=O) groups is 1. The molecule has 0 aromatic heterocycles. The van der Waals surface area contributed by atoms with Crippen molar-refractivity contribution in [3.63, 3.8) is 0 Å². The first kappa shape index (κ1) is 15.3. The normalized spacial score (nSPS) is 10.3. The fourth-order valence-corrected chi connectivity index (χ4v) is 2.73. The average molecular weight is 334 g/mol. The molecular formula is C13H18BrClN2O. The van der Waals surface area contributed by atoms with Crippen LogP contribution in [-0.2, 0) is 0 Å². The standard InChI is InChI=1S/C13H18BrClN2O/c1-4-16-12-10(7-9(15)8-11(12)14)13(18)17(5-2)6-3/h7-8,16H,4-6H2,1-3H3. The van der Waals surface area contributed by atoms with Crippen molar-refractivity contribution in [3.05, 3.63) is 27.2 Å². The Labute approximate surface area is 122 Å². The molecule has 0 aliphatic carbocycles. The van der Waals surface area contributed by atoms with Crippen LogP contribution in [0.1, 0.15) is 31.1 Å². The second kappa shape index (κ2) is 7.00. The van der Waals surface area contributed by atoms with Crippen LogP contribution in [0, 0.1) is 0 Å². The van der Waals surface area contributed by atoms with Crippen LogP contribution in [0.4, 0.5) is 5.69 Å². The predicted octanol–water partition coefficient (Wildman–Crippen LogP) is 4.02. The molecule has 0 unspecified atom stereocenters. The van der Waals surface area contributed by atoms with E-state index in [0.29, 0.717) is 23.7 Å². The Bertz CT molecular complexity index is 433. The molecular weight excluding hydrogens is 316 g/mol. The number of halogens is 2. The van der Waals surface area contributed by atoms with Gasteiger partial charge in [0.25, 0.3) is 5.91 Å². The summed E-state index contributed by atoms with van der Waals surface area (Å²) in [4.78, 5) is 14.2. The lowest BCUT2D eigenvalue weighted by Gasteiger charge is -2.21. The third kappa shape index (κ3) is 3.39. The summed E-state index contributed by atoms with van der Waals surface area (Å²) in [7, 11) is 0. The van der Waals surface area contributed by atoms with Crippen LogP contribution in [0.2, 0.25) is 5.02 Å². The van der Waals surface area contributed by atoms with E-state index in [1.165, 1.54) is 0 Å². The van der Waals surface area contributed by atoms with Crippen molar-refractivity contribution in [1.82, 2.24) is 4.90 Å². The number of anilines is 1. The van der Waals surface area contributed by atoms with Gasteiger partial charge >= 0.3 is 0 Å². The Balaban J connectivity index is 3.24. The molecule has 5 heteroatoms. The van der Waals surface area contributed by atoms with Gasteiger partial charge in [0.05, 0.1) is 11.3 Å². The summed E-state index contributed by atoms with van der Waals surface area (Å²) in [6.45, 7) is 8.05. The molecule has 0 spiro atoms. The van der Waals surface area contributed by atoms with Gasteiger partial charge in [0, 0.05) is 29.1 Å². The molecule has 1 aromatic rings. The van der Waals surface area contributed by atoms with Gasteiger partial charge in [0.1, 0.15) is 0 Å². The molecule has 1 N–H and O–H groups in total. The number of nitrogens with zero attached hydrogens (tertiary/aromatic N) is 1. The molecule has 3 nitrogen and oxygen atoms in total. The molecule has 1 rings (SSSR count). The molecule has 0 fully saturated rings. The highest BCUT2D eigenvalue weighted by molar-refractivity contribution is 9.10. The second-order valence-corrected chi connectivity index (χ2v) is 5.11. The highest BCUT2D eigenvalue weighted by Gasteiger charge is 2.19. The van der Waals surface area contributed by atoms with Crippen LogP contribution in [0.25, 0.3) is 0 Å². The summed E-state index contributed by atoms with van der Waals surface area (Å²) in [5, 5.41) is 3.76. The van der Waals surface area contributed by atoms with Gasteiger partial charge in [-0.1, -0.05) is 11.6 Å². The molecule has 0 radical (unpaired) electrons. The Hall–Kier alpha value is -0.740. The van der Waals surface area contributed by atoms with Gasteiger partial charge in [-0.3, -0.25) is 4.79 Å². The number of nitrogens with one attached hydrogen (secondary N) is 1. The van der Waals surface area contributed by atoms with Gasteiger partial charge in [-0.25, -0.2) is 0 Å². The second-order valence-electron chi connectivity index (χ2n) is 3.82. The smallest absolute Gasteiger partial charge is 0.256 e. The van der Waals surface area contributed by atoms with E-state index in [1.54, 1.807) is 17.0 Å². The fourth-order valence-electron chi connectivity index (χ4n) is 1.78. The van der Waals surface area contributed by atoms with Crippen LogP contribution in [0.5, 0.6) is 0 Å². The van der Waals surface area contributed by atoms with E-state index in [1.807, 2.05) is 20.8 Å². The summed E-state index contributed by atoms with van der Waals surface area (Å²) in [6.07, 6.45) is 0. The molecule has 0 heterocycles. The molecule has 0 bridgehead atoms. The van der Waals surface area contributed by atoms with E-state index in [4.69, 9.17) is 11.6 Å². The summed E-state index contributed by atoms with van der Waals surface area (Å²) in [6, 6.07) is 3.50. The maximum atomic E-state index is 12.4. The van der Waals surface area contributed by atoms with E-state index < -0.39 is 0 Å². The summed E-state index contributed by atoms with van der Waals surface area (Å²) < 4.78 is 0.812. The number of amides is 1. The minimum absolute atomic E-state index is 0.000787. The first-order valence-electron chi connectivity index (χ1n) is 6.07. The lowest BCUT2D eigenvalue weighted by molar-refractivity contribution is 0.0774. The van der Waals surface area contributed by atoms with Crippen LogP contribution in [-0.4, -0.2) is 30.4 Å². The lowest BCUT2D eigenvalue weighted by atomic mass is 10.1. The van der Waals surface area contributed by atoms with Gasteiger partial charge in [-0.15, -0.1) is 0 Å². The highest BCUT2D eigenvalue weighted by atomic mass is 79.9. The van der Waals surface area contributed by atoms with Gasteiger partial charge in [-0.2, -0.15) is 0 Å². The quantitative estimate of drug-likeness (QED) is 0.883. The zero-order chi connectivity index (χ0) is 13.7. The zero-order valence-electron chi connectivity index (χ0n) is 10.9. The maximum Gasteiger partial charge on any atom is 0.256 e. The molecule has 1 aromatic carbocycles. The minimum atomic E-state index is -0.000787. The molecule has 0 saturated heterocycles. The fraction of sp³-hybridized carbons (Fsp3) is 0.462. The number of benzene rings is 1. The molecule has 18 heavy (non-hydrogen) atoms. The van der Waals surface area contributed by atoms with Crippen molar-refractivity contribution >= 4 is 39.1 Å². The monoisotopic (exact) mass is 332 g/mol. The molecule has 0 aliphatic heterocycles. The molecule has 0 aliphatic rings. The van der Waals surface area contributed by atoms with E-state index >= 15 is 0 Å². The average Bonchev–Trinajstić information content (AvgIpc) is 2.33. The summed E-state index contributed by atoms with van der Waals surface area (Å²) in [5.74, 6) is -0.000787. The first-order chi connectivity index (χ1) is 8.54. The van der Waals surface area contributed by atoms with Crippen LogP contribution >= 0.6 is 27.5 Å². The summed E-state index contributed by atoms with van der Waals surface area (Å²) in [5.41, 5.74) is 1.42. The Morgan fingerprint density at radius 3 is 2.44 bits per heavy atom. The largest absolute Gasteiger partial charge is 0.384 e. The molecule has 1 amide bonds. The Morgan fingerprint density at radius 2 is 1.94 bits per heavy atom. The van der Waals surface area contributed by atoms with Crippen molar-refractivity contribution < 1.29 is 4.79 Å². The van der Waals surface area contributed by atoms with E-state index in [0.717, 1.165) is 16.7 Å². The number of carbonyl (C=O) groups excluding carboxylic acids is 1. The number of rotatable bonds is 5. The van der Waals surface area contributed by atoms with Gasteiger partial charge in [-0.05, 0) is 48.8 Å². The van der Waals surface area contributed by atoms with Crippen molar-refractivity contribution in [2.24, 2.45) is 0 Å². The third-order valence-electron chi connectivity index (χ3n) is 2.69. The molecule has 100 valence electrons. The number of hydrogen-bond acceptors (Lipinski definition) is 2. The maximum absolute atomic E-state index is 12.4. The van der Waals surface area contributed by atoms with E-state index in [-0.39, 0.29) is 5.91 Å². The Kier molecular flexibility index (Phi) is 5.96. The topological polar surface area (TPSA) is 32.3 Å². The lowest BCUT2D eigenvalue weighted by Crippen LogP contribution is -2.31. The van der Waals surface area contributed by atoms with Gasteiger partial charge in [0.2, 0.25) is 0 Å². The first-order valence-corrected chi connectivity index (χ1v) is 7.24. The van der Waals surface area contributed by atoms with Crippen molar-refractivity contribution in [2.75, 3.05) is 25.0 Å². The summed E-state index contributed by atoms with van der Waals surface area (Å²) >= 11 is 9.47. The minimum Gasteiger partial charge on any atom is -0.384 e. The predicted molar refractivity (Wildman–Crippen MR) is 80.6 cm³/mol. The third-order valence-corrected chi connectivity index (χ3v) is 3.53. The molecule has 0 saturated carbocycles. The van der Waals surface area contributed by atoms with Crippen molar-refractivity contribution in [1.29, 1.82) is 0 Å². The van der Waals surface area contributed by atoms with Crippen LogP contribution in [0.3, 0.4) is 0 Å². The zero-order valence-corrected chi connectivity index (χ0v) is 13.2. The van der Waals surface area contributed by atoms with E-state index in [9.17, 15) is 4.79 Å². The number of hydrogen-bond donors (Lipinski definition) is 1.